The van der Waals surface area contributed by atoms with Crippen molar-refractivity contribution in [3.05, 3.63) is 35.9 Å². The first-order chi connectivity index (χ1) is 10.6. The van der Waals surface area contributed by atoms with Gasteiger partial charge in [0.25, 0.3) is 0 Å². The third-order valence-corrected chi connectivity index (χ3v) is 5.84. The van der Waals surface area contributed by atoms with Crippen LogP contribution in [0.25, 0.3) is 0 Å². The highest BCUT2D eigenvalue weighted by Crippen LogP contribution is 2.49. The first-order valence-corrected chi connectivity index (χ1v) is 8.73. The molecule has 0 radical (unpaired) electrons. The van der Waals surface area contributed by atoms with Gasteiger partial charge in [-0.1, -0.05) is 43.7 Å². The van der Waals surface area contributed by atoms with Crippen LogP contribution in [0.5, 0.6) is 0 Å². The predicted molar refractivity (Wildman–Crippen MR) is 89.1 cm³/mol. The fraction of sp³-hybridized carbons (Fsp3) is 0.632. The zero-order chi connectivity index (χ0) is 15.5. The molecule has 120 valence electrons. The molecule has 1 amide bonds. The molecule has 2 aliphatic carbocycles. The van der Waals surface area contributed by atoms with E-state index in [-0.39, 0.29) is 17.9 Å². The molecule has 2 bridgehead atoms. The van der Waals surface area contributed by atoms with E-state index in [9.17, 15) is 4.79 Å². The number of amides is 1. The first kappa shape index (κ1) is 15.5. The predicted octanol–water partition coefficient (Wildman–Crippen LogP) is 3.27. The fourth-order valence-corrected chi connectivity index (χ4v) is 4.40. The number of rotatable bonds is 6. The maximum Gasteiger partial charge on any atom is 0.224 e. The molecule has 3 N–H and O–H groups in total. The Labute approximate surface area is 133 Å². The average Bonchev–Trinajstić information content (AvgIpc) is 3.17. The van der Waals surface area contributed by atoms with Crippen LogP contribution in [0.3, 0.4) is 0 Å². The third kappa shape index (κ3) is 3.35. The molecular weight excluding hydrogens is 272 g/mol. The Morgan fingerprint density at radius 2 is 2.05 bits per heavy atom. The van der Waals surface area contributed by atoms with Crippen LogP contribution in [-0.2, 0) is 4.79 Å². The van der Waals surface area contributed by atoms with Crippen LogP contribution in [0, 0.1) is 23.7 Å². The minimum atomic E-state index is -0.233. The van der Waals surface area contributed by atoms with E-state index in [0.29, 0.717) is 0 Å². The van der Waals surface area contributed by atoms with Crippen LogP contribution < -0.4 is 11.1 Å². The summed E-state index contributed by atoms with van der Waals surface area (Å²) in [5.41, 5.74) is 7.25. The van der Waals surface area contributed by atoms with Crippen molar-refractivity contribution in [2.24, 2.45) is 29.4 Å². The second kappa shape index (κ2) is 6.82. The summed E-state index contributed by atoms with van der Waals surface area (Å²) in [7, 11) is 0. The zero-order valence-corrected chi connectivity index (χ0v) is 13.5. The number of nitrogens with one attached hydrogen (secondary N) is 1. The number of benzene rings is 1. The Morgan fingerprint density at radius 1 is 1.27 bits per heavy atom. The summed E-state index contributed by atoms with van der Waals surface area (Å²) in [5, 5.41) is 3.10. The van der Waals surface area contributed by atoms with Crippen LogP contribution in [0.2, 0.25) is 0 Å². The average molecular weight is 300 g/mol. The van der Waals surface area contributed by atoms with Gasteiger partial charge < -0.3 is 11.1 Å². The van der Waals surface area contributed by atoms with Crippen LogP contribution in [-0.4, -0.2) is 12.5 Å². The third-order valence-electron chi connectivity index (χ3n) is 5.84. The molecule has 3 heteroatoms. The van der Waals surface area contributed by atoms with Gasteiger partial charge in [-0.15, -0.1) is 0 Å². The Bertz CT molecular complexity index is 501. The Hall–Kier alpha value is -1.35. The van der Waals surface area contributed by atoms with Gasteiger partial charge in [-0.2, -0.15) is 0 Å². The molecule has 0 aliphatic heterocycles. The first-order valence-electron chi connectivity index (χ1n) is 8.73. The molecule has 0 saturated heterocycles. The lowest BCUT2D eigenvalue weighted by atomic mass is 9.86. The van der Waals surface area contributed by atoms with E-state index in [2.05, 4.69) is 5.32 Å². The quantitative estimate of drug-likeness (QED) is 0.847. The lowest BCUT2D eigenvalue weighted by Gasteiger charge is -2.23. The molecule has 1 aromatic rings. The summed E-state index contributed by atoms with van der Waals surface area (Å²) in [6, 6.07) is 9.65. The topological polar surface area (TPSA) is 55.1 Å². The fourth-order valence-electron chi connectivity index (χ4n) is 4.40. The summed E-state index contributed by atoms with van der Waals surface area (Å²) in [6.45, 7) is 2.73. The number of nitrogens with two attached hydrogens (primary N) is 1. The number of carbonyl (C=O) groups excluding carboxylic acids is 1. The Balaban J connectivity index is 1.43. The van der Waals surface area contributed by atoms with Crippen molar-refractivity contribution < 1.29 is 4.79 Å². The Morgan fingerprint density at radius 3 is 2.68 bits per heavy atom. The monoisotopic (exact) mass is 300 g/mol. The van der Waals surface area contributed by atoms with Crippen molar-refractivity contribution in [3.8, 4) is 0 Å². The van der Waals surface area contributed by atoms with E-state index in [0.717, 1.165) is 36.3 Å². The van der Waals surface area contributed by atoms with E-state index in [1.165, 1.54) is 25.7 Å². The second-order valence-corrected chi connectivity index (χ2v) is 7.24. The van der Waals surface area contributed by atoms with Gasteiger partial charge in [0.15, 0.2) is 0 Å². The number of hydrogen-bond donors (Lipinski definition) is 2. The maximum absolute atomic E-state index is 12.3. The van der Waals surface area contributed by atoms with Gasteiger partial charge in [0.1, 0.15) is 0 Å². The smallest absolute Gasteiger partial charge is 0.224 e. The van der Waals surface area contributed by atoms with Crippen LogP contribution in [0.1, 0.15) is 50.6 Å². The summed E-state index contributed by atoms with van der Waals surface area (Å²) < 4.78 is 0. The van der Waals surface area contributed by atoms with E-state index < -0.39 is 0 Å². The van der Waals surface area contributed by atoms with Gasteiger partial charge in [0.05, 0.1) is 5.92 Å². The Kier molecular flexibility index (Phi) is 4.82. The molecule has 2 fully saturated rings. The molecule has 5 atom stereocenters. The SMILES string of the molecule is CC(C(=O)NCCC1CC2CCC1C2)C(N)c1ccccc1. The van der Waals surface area contributed by atoms with Crippen LogP contribution >= 0.6 is 0 Å². The second-order valence-electron chi connectivity index (χ2n) is 7.24. The van der Waals surface area contributed by atoms with Gasteiger partial charge in [-0.25, -0.2) is 0 Å². The normalized spacial score (nSPS) is 29.3. The van der Waals surface area contributed by atoms with Gasteiger partial charge in [-0.3, -0.25) is 4.79 Å². The molecular formula is C19H28N2O. The molecule has 0 spiro atoms. The van der Waals surface area contributed by atoms with Crippen molar-refractivity contribution in [3.63, 3.8) is 0 Å². The highest BCUT2D eigenvalue weighted by atomic mass is 16.1. The summed E-state index contributed by atoms with van der Waals surface area (Å²) >= 11 is 0. The summed E-state index contributed by atoms with van der Waals surface area (Å²) in [5.74, 6) is 2.65. The van der Waals surface area contributed by atoms with Crippen molar-refractivity contribution in [1.29, 1.82) is 0 Å². The molecule has 2 aliphatic rings. The molecule has 5 unspecified atom stereocenters. The van der Waals surface area contributed by atoms with Crippen molar-refractivity contribution in [2.45, 2.75) is 45.1 Å². The number of carbonyl (C=O) groups is 1. The molecule has 0 heterocycles. The molecule has 3 nitrogen and oxygen atoms in total. The van der Waals surface area contributed by atoms with E-state index in [4.69, 9.17) is 5.73 Å². The van der Waals surface area contributed by atoms with E-state index in [1.807, 2.05) is 37.3 Å². The van der Waals surface area contributed by atoms with Crippen molar-refractivity contribution >= 4 is 5.91 Å². The number of hydrogen-bond acceptors (Lipinski definition) is 2. The van der Waals surface area contributed by atoms with Gasteiger partial charge in [0.2, 0.25) is 5.91 Å². The molecule has 1 aromatic carbocycles. The lowest BCUT2D eigenvalue weighted by molar-refractivity contribution is -0.125. The summed E-state index contributed by atoms with van der Waals surface area (Å²) in [6.07, 6.45) is 6.82. The highest BCUT2D eigenvalue weighted by molar-refractivity contribution is 5.79. The minimum absolute atomic E-state index is 0.0829. The summed E-state index contributed by atoms with van der Waals surface area (Å²) in [4.78, 5) is 12.3. The van der Waals surface area contributed by atoms with Crippen molar-refractivity contribution in [1.82, 2.24) is 5.32 Å². The largest absolute Gasteiger partial charge is 0.356 e. The lowest BCUT2D eigenvalue weighted by Crippen LogP contribution is -2.36. The van der Waals surface area contributed by atoms with Gasteiger partial charge in [0, 0.05) is 12.6 Å². The molecule has 22 heavy (non-hydrogen) atoms. The molecule has 3 rings (SSSR count). The van der Waals surface area contributed by atoms with E-state index >= 15 is 0 Å². The maximum atomic E-state index is 12.3. The van der Waals surface area contributed by atoms with E-state index in [1.54, 1.807) is 0 Å². The van der Waals surface area contributed by atoms with Crippen LogP contribution in [0.4, 0.5) is 0 Å². The minimum Gasteiger partial charge on any atom is -0.356 e. The van der Waals surface area contributed by atoms with Crippen LogP contribution in [0.15, 0.2) is 30.3 Å². The standard InChI is InChI=1S/C19H28N2O/c1-13(18(20)15-5-3-2-4-6-15)19(22)21-10-9-17-12-14-7-8-16(17)11-14/h2-6,13-14,16-18H,7-12,20H2,1H3,(H,21,22). The van der Waals surface area contributed by atoms with Gasteiger partial charge in [-0.05, 0) is 49.0 Å². The van der Waals surface area contributed by atoms with Crippen molar-refractivity contribution in [2.75, 3.05) is 6.54 Å². The highest BCUT2D eigenvalue weighted by Gasteiger charge is 2.38. The zero-order valence-electron chi connectivity index (χ0n) is 13.5. The van der Waals surface area contributed by atoms with Gasteiger partial charge >= 0.3 is 0 Å². The molecule has 2 saturated carbocycles. The molecule has 0 aromatic heterocycles. The number of fused-ring (bicyclic) bond motifs is 2.